The van der Waals surface area contributed by atoms with Gasteiger partial charge in [-0.3, -0.25) is 14.6 Å². The molecule has 5 nitrogen and oxygen atoms in total. The highest BCUT2D eigenvalue weighted by Crippen LogP contribution is 2.32. The van der Waals surface area contributed by atoms with E-state index in [-0.39, 0.29) is 5.91 Å². The summed E-state index contributed by atoms with van der Waals surface area (Å²) in [5, 5.41) is 0.782. The van der Waals surface area contributed by atoms with Gasteiger partial charge in [0.1, 0.15) is 0 Å². The maximum atomic E-state index is 13.6. The van der Waals surface area contributed by atoms with Gasteiger partial charge in [0.2, 0.25) is 0 Å². The van der Waals surface area contributed by atoms with Crippen LogP contribution in [0, 0.1) is 13.8 Å². The number of hydrogen-bond donors (Lipinski definition) is 0. The quantitative estimate of drug-likeness (QED) is 0.587. The van der Waals surface area contributed by atoms with Gasteiger partial charge < -0.3 is 4.74 Å². The van der Waals surface area contributed by atoms with Crippen LogP contribution in [0.1, 0.15) is 34.0 Å². The van der Waals surface area contributed by atoms with Crippen LogP contribution in [-0.2, 0) is 11.2 Å². The maximum absolute atomic E-state index is 13.6. The number of carbonyl (C=O) groups is 1. The Bertz CT molecular complexity index is 1040. The summed E-state index contributed by atoms with van der Waals surface area (Å²) in [7, 11) is 0. The summed E-state index contributed by atoms with van der Waals surface area (Å²) in [4.78, 5) is 22.8. The van der Waals surface area contributed by atoms with Gasteiger partial charge in [0.05, 0.1) is 23.4 Å². The average molecular weight is 424 g/mol. The van der Waals surface area contributed by atoms with Gasteiger partial charge in [-0.25, -0.2) is 4.98 Å². The van der Waals surface area contributed by atoms with Crippen LogP contribution in [0.25, 0.3) is 10.2 Å². The second-order valence-electron chi connectivity index (χ2n) is 7.84. The summed E-state index contributed by atoms with van der Waals surface area (Å²) in [5.41, 5.74) is 5.16. The van der Waals surface area contributed by atoms with E-state index in [2.05, 4.69) is 43.0 Å². The lowest BCUT2D eigenvalue weighted by molar-refractivity contribution is 0.0391. The van der Waals surface area contributed by atoms with Crippen molar-refractivity contribution in [3.05, 3.63) is 58.7 Å². The molecule has 3 aromatic rings. The van der Waals surface area contributed by atoms with E-state index in [1.807, 2.05) is 24.0 Å². The van der Waals surface area contributed by atoms with Crippen LogP contribution in [-0.4, -0.2) is 55.2 Å². The van der Waals surface area contributed by atoms with Crippen molar-refractivity contribution < 1.29 is 9.53 Å². The normalized spacial score (nSPS) is 14.9. The zero-order valence-electron chi connectivity index (χ0n) is 18.0. The smallest absolute Gasteiger partial charge is 0.260 e. The van der Waals surface area contributed by atoms with E-state index in [1.165, 1.54) is 5.56 Å². The Balaban J connectivity index is 1.68. The van der Waals surface area contributed by atoms with Crippen LogP contribution in [0.3, 0.4) is 0 Å². The Labute approximate surface area is 182 Å². The monoisotopic (exact) mass is 423 g/mol. The van der Waals surface area contributed by atoms with Crippen molar-refractivity contribution in [2.75, 3.05) is 44.3 Å². The first-order valence-corrected chi connectivity index (χ1v) is 11.5. The van der Waals surface area contributed by atoms with Gasteiger partial charge in [-0.05, 0) is 43.5 Å². The first-order chi connectivity index (χ1) is 14.6. The standard InChI is InChI=1S/C24H29N3O2S/c1-4-19-6-5-7-21-22(19)25-24(30-21)27(11-10-26-12-14-29-15-13-26)23(28)20-9-8-17(2)16-18(20)3/h5-9,16H,4,10-15H2,1-3H3. The summed E-state index contributed by atoms with van der Waals surface area (Å²) < 4.78 is 6.60. The van der Waals surface area contributed by atoms with Gasteiger partial charge in [-0.1, -0.05) is 48.1 Å². The number of rotatable bonds is 6. The van der Waals surface area contributed by atoms with Crippen LogP contribution < -0.4 is 4.90 Å². The van der Waals surface area contributed by atoms with Gasteiger partial charge in [0, 0.05) is 31.7 Å². The number of nitrogens with zero attached hydrogens (tertiary/aromatic N) is 3. The van der Waals surface area contributed by atoms with Crippen LogP contribution in [0.2, 0.25) is 0 Å². The molecule has 0 aliphatic carbocycles. The molecule has 0 unspecified atom stereocenters. The Morgan fingerprint density at radius 1 is 1.20 bits per heavy atom. The van der Waals surface area contributed by atoms with Gasteiger partial charge in [0.25, 0.3) is 5.91 Å². The summed E-state index contributed by atoms with van der Waals surface area (Å²) >= 11 is 1.60. The number of ether oxygens (including phenoxy) is 1. The second kappa shape index (κ2) is 9.25. The maximum Gasteiger partial charge on any atom is 0.260 e. The molecule has 1 aromatic heterocycles. The summed E-state index contributed by atoms with van der Waals surface area (Å²) in [6, 6.07) is 12.3. The average Bonchev–Trinajstić information content (AvgIpc) is 3.18. The molecule has 6 heteroatoms. The minimum Gasteiger partial charge on any atom is -0.379 e. The molecule has 30 heavy (non-hydrogen) atoms. The fourth-order valence-corrected chi connectivity index (χ4v) is 4.98. The third-order valence-electron chi connectivity index (χ3n) is 5.70. The van der Waals surface area contributed by atoms with E-state index in [9.17, 15) is 4.79 Å². The van der Waals surface area contributed by atoms with Gasteiger partial charge in [0.15, 0.2) is 5.13 Å². The van der Waals surface area contributed by atoms with Gasteiger partial charge >= 0.3 is 0 Å². The van der Waals surface area contributed by atoms with E-state index >= 15 is 0 Å². The molecule has 1 aliphatic rings. The van der Waals surface area contributed by atoms with Crippen molar-refractivity contribution in [2.24, 2.45) is 0 Å². The molecule has 1 saturated heterocycles. The number of morpholine rings is 1. The molecule has 0 bridgehead atoms. The highest BCUT2D eigenvalue weighted by molar-refractivity contribution is 7.22. The van der Waals surface area contributed by atoms with E-state index < -0.39 is 0 Å². The molecule has 4 rings (SSSR count). The van der Waals surface area contributed by atoms with Gasteiger partial charge in [-0.2, -0.15) is 0 Å². The third kappa shape index (κ3) is 4.41. The lowest BCUT2D eigenvalue weighted by Crippen LogP contribution is -2.43. The summed E-state index contributed by atoms with van der Waals surface area (Å²) in [5.74, 6) is 0.0258. The van der Waals surface area contributed by atoms with Crippen LogP contribution in [0.4, 0.5) is 5.13 Å². The number of anilines is 1. The first kappa shape index (κ1) is 21.0. The zero-order chi connectivity index (χ0) is 21.1. The predicted molar refractivity (Wildman–Crippen MR) is 124 cm³/mol. The highest BCUT2D eigenvalue weighted by Gasteiger charge is 2.24. The number of amides is 1. The largest absolute Gasteiger partial charge is 0.379 e. The van der Waals surface area contributed by atoms with Crippen molar-refractivity contribution in [1.29, 1.82) is 0 Å². The van der Waals surface area contributed by atoms with Crippen molar-refractivity contribution in [2.45, 2.75) is 27.2 Å². The fourth-order valence-electron chi connectivity index (χ4n) is 3.94. The van der Waals surface area contributed by atoms with Gasteiger partial charge in [-0.15, -0.1) is 0 Å². The number of aromatic nitrogens is 1. The molecule has 1 fully saturated rings. The minimum absolute atomic E-state index is 0.0258. The van der Waals surface area contributed by atoms with Crippen molar-refractivity contribution in [1.82, 2.24) is 9.88 Å². The van der Waals surface area contributed by atoms with Crippen molar-refractivity contribution >= 4 is 32.6 Å². The third-order valence-corrected chi connectivity index (χ3v) is 6.75. The molecular weight excluding hydrogens is 394 g/mol. The molecule has 0 spiro atoms. The number of carbonyl (C=O) groups excluding carboxylic acids is 1. The molecule has 0 N–H and O–H groups in total. The lowest BCUT2D eigenvalue weighted by Gasteiger charge is -2.29. The topological polar surface area (TPSA) is 45.7 Å². The SMILES string of the molecule is CCc1cccc2sc(N(CCN3CCOCC3)C(=O)c3ccc(C)cc3C)nc12. The molecule has 0 atom stereocenters. The molecule has 2 heterocycles. The summed E-state index contributed by atoms with van der Waals surface area (Å²) in [6.45, 7) is 11.0. The second-order valence-corrected chi connectivity index (χ2v) is 8.85. The van der Waals surface area contributed by atoms with Crippen molar-refractivity contribution in [3.8, 4) is 0 Å². The van der Waals surface area contributed by atoms with E-state index in [1.54, 1.807) is 11.3 Å². The van der Waals surface area contributed by atoms with E-state index in [0.29, 0.717) is 6.54 Å². The predicted octanol–water partition coefficient (Wildman–Crippen LogP) is 4.45. The number of para-hydroxylation sites is 1. The van der Waals surface area contributed by atoms with Crippen LogP contribution in [0.5, 0.6) is 0 Å². The molecule has 158 valence electrons. The number of benzene rings is 2. The fraction of sp³-hybridized carbons (Fsp3) is 0.417. The highest BCUT2D eigenvalue weighted by atomic mass is 32.1. The molecule has 0 radical (unpaired) electrons. The Morgan fingerprint density at radius 3 is 2.73 bits per heavy atom. The Morgan fingerprint density at radius 2 is 2.00 bits per heavy atom. The van der Waals surface area contributed by atoms with Crippen LogP contribution >= 0.6 is 11.3 Å². The van der Waals surface area contributed by atoms with Crippen molar-refractivity contribution in [3.63, 3.8) is 0 Å². The first-order valence-electron chi connectivity index (χ1n) is 10.6. The van der Waals surface area contributed by atoms with E-state index in [4.69, 9.17) is 9.72 Å². The molecule has 1 amide bonds. The lowest BCUT2D eigenvalue weighted by atomic mass is 10.0. The van der Waals surface area contributed by atoms with E-state index in [0.717, 1.165) is 71.3 Å². The Kier molecular flexibility index (Phi) is 6.46. The number of aryl methyl sites for hydroxylation is 3. The molecule has 1 aliphatic heterocycles. The Hall–Kier alpha value is -2.28. The molecular formula is C24H29N3O2S. The molecule has 2 aromatic carbocycles. The summed E-state index contributed by atoms with van der Waals surface area (Å²) in [6.07, 6.45) is 0.930. The van der Waals surface area contributed by atoms with Crippen LogP contribution in [0.15, 0.2) is 36.4 Å². The molecule has 0 saturated carbocycles. The number of thiazole rings is 1. The zero-order valence-corrected chi connectivity index (χ0v) is 18.8. The number of hydrogen-bond acceptors (Lipinski definition) is 5. The number of fused-ring (bicyclic) bond motifs is 1. The minimum atomic E-state index is 0.0258.